The van der Waals surface area contributed by atoms with Crippen LogP contribution in [0.2, 0.25) is 0 Å². The highest BCUT2D eigenvalue weighted by atomic mass is 16.5. The highest BCUT2D eigenvalue weighted by Gasteiger charge is 2.18. The maximum Gasteiger partial charge on any atom is 0.119 e. The SMILES string of the molecule is CC1CCN(Cc2cccc(OCCCN)c2)C1. The first-order valence-electron chi connectivity index (χ1n) is 6.92. The molecule has 0 bridgehead atoms. The molecule has 1 aromatic rings. The van der Waals surface area contributed by atoms with Gasteiger partial charge in [0.15, 0.2) is 0 Å². The molecule has 0 spiro atoms. The van der Waals surface area contributed by atoms with Gasteiger partial charge in [-0.05, 0) is 49.5 Å². The van der Waals surface area contributed by atoms with Crippen molar-refractivity contribution >= 4 is 0 Å². The van der Waals surface area contributed by atoms with Crippen molar-refractivity contribution in [1.82, 2.24) is 4.90 Å². The van der Waals surface area contributed by atoms with Crippen LogP contribution in [-0.4, -0.2) is 31.1 Å². The van der Waals surface area contributed by atoms with E-state index in [1.807, 2.05) is 6.07 Å². The Morgan fingerprint density at radius 3 is 3.06 bits per heavy atom. The van der Waals surface area contributed by atoms with Crippen molar-refractivity contribution in [3.63, 3.8) is 0 Å². The Hall–Kier alpha value is -1.06. The third-order valence-electron chi connectivity index (χ3n) is 3.43. The van der Waals surface area contributed by atoms with Crippen LogP contribution in [0.3, 0.4) is 0 Å². The van der Waals surface area contributed by atoms with Gasteiger partial charge in [0.05, 0.1) is 6.61 Å². The Kier molecular flexibility index (Phi) is 5.02. The van der Waals surface area contributed by atoms with Crippen LogP contribution < -0.4 is 10.5 Å². The minimum atomic E-state index is 0.686. The molecule has 3 heteroatoms. The maximum absolute atomic E-state index is 5.67. The van der Waals surface area contributed by atoms with Gasteiger partial charge in [-0.2, -0.15) is 0 Å². The van der Waals surface area contributed by atoms with Gasteiger partial charge in [-0.3, -0.25) is 4.90 Å². The highest BCUT2D eigenvalue weighted by Crippen LogP contribution is 2.20. The molecular weight excluding hydrogens is 224 g/mol. The summed E-state index contributed by atoms with van der Waals surface area (Å²) in [5, 5.41) is 0. The van der Waals surface area contributed by atoms with Gasteiger partial charge in [-0.15, -0.1) is 0 Å². The lowest BCUT2D eigenvalue weighted by molar-refractivity contribution is 0.307. The summed E-state index contributed by atoms with van der Waals surface area (Å²) in [5.41, 5.74) is 6.80. The summed E-state index contributed by atoms with van der Waals surface area (Å²) in [4.78, 5) is 2.52. The first-order chi connectivity index (χ1) is 8.78. The van der Waals surface area contributed by atoms with Crippen LogP contribution in [0.25, 0.3) is 0 Å². The number of hydrogen-bond donors (Lipinski definition) is 1. The summed E-state index contributed by atoms with van der Waals surface area (Å²) in [6.45, 7) is 7.20. The lowest BCUT2D eigenvalue weighted by atomic mass is 10.2. The molecule has 1 unspecified atom stereocenters. The first kappa shape index (κ1) is 13.4. The lowest BCUT2D eigenvalue weighted by Gasteiger charge is -2.16. The number of rotatable bonds is 6. The molecule has 1 heterocycles. The van der Waals surface area contributed by atoms with Crippen molar-refractivity contribution in [1.29, 1.82) is 0 Å². The maximum atomic E-state index is 5.67. The van der Waals surface area contributed by atoms with E-state index in [1.165, 1.54) is 25.1 Å². The van der Waals surface area contributed by atoms with Crippen LogP contribution in [0.4, 0.5) is 0 Å². The molecule has 0 radical (unpaired) electrons. The Labute approximate surface area is 110 Å². The third kappa shape index (κ3) is 4.00. The van der Waals surface area contributed by atoms with Crippen molar-refractivity contribution in [3.05, 3.63) is 29.8 Å². The first-order valence-corrected chi connectivity index (χ1v) is 6.92. The van der Waals surface area contributed by atoms with Gasteiger partial charge in [0, 0.05) is 13.1 Å². The van der Waals surface area contributed by atoms with E-state index < -0.39 is 0 Å². The van der Waals surface area contributed by atoms with Gasteiger partial charge in [-0.1, -0.05) is 19.1 Å². The lowest BCUT2D eigenvalue weighted by Crippen LogP contribution is -2.19. The second-order valence-corrected chi connectivity index (χ2v) is 5.27. The largest absolute Gasteiger partial charge is 0.494 e. The van der Waals surface area contributed by atoms with Crippen molar-refractivity contribution < 1.29 is 4.74 Å². The van der Waals surface area contributed by atoms with Crippen LogP contribution in [0.1, 0.15) is 25.3 Å². The second-order valence-electron chi connectivity index (χ2n) is 5.27. The smallest absolute Gasteiger partial charge is 0.119 e. The predicted octanol–water partition coefficient (Wildman–Crippen LogP) is 2.26. The number of likely N-dealkylation sites (tertiary alicyclic amines) is 1. The minimum absolute atomic E-state index is 0.686. The molecule has 1 aliphatic rings. The molecule has 1 aromatic carbocycles. The molecule has 100 valence electrons. The molecule has 3 nitrogen and oxygen atoms in total. The van der Waals surface area contributed by atoms with Crippen LogP contribution in [0, 0.1) is 5.92 Å². The van der Waals surface area contributed by atoms with E-state index in [-0.39, 0.29) is 0 Å². The van der Waals surface area contributed by atoms with Crippen LogP contribution >= 0.6 is 0 Å². The topological polar surface area (TPSA) is 38.5 Å². The summed E-state index contributed by atoms with van der Waals surface area (Å²) in [7, 11) is 0. The molecule has 0 amide bonds. The Morgan fingerprint density at radius 2 is 2.33 bits per heavy atom. The molecule has 1 aliphatic heterocycles. The monoisotopic (exact) mass is 248 g/mol. The predicted molar refractivity (Wildman–Crippen MR) is 74.7 cm³/mol. The number of benzene rings is 1. The van der Waals surface area contributed by atoms with Crippen molar-refractivity contribution in [2.24, 2.45) is 11.7 Å². The fourth-order valence-corrected chi connectivity index (χ4v) is 2.44. The van der Waals surface area contributed by atoms with Crippen molar-refractivity contribution in [3.8, 4) is 5.75 Å². The highest BCUT2D eigenvalue weighted by molar-refractivity contribution is 5.28. The van der Waals surface area contributed by atoms with Gasteiger partial charge >= 0.3 is 0 Å². The molecule has 0 saturated carbocycles. The molecular formula is C15H24N2O. The summed E-state index contributed by atoms with van der Waals surface area (Å²) in [6, 6.07) is 8.43. The Balaban J connectivity index is 1.86. The zero-order valence-electron chi connectivity index (χ0n) is 11.3. The summed E-state index contributed by atoms with van der Waals surface area (Å²) in [6.07, 6.45) is 2.24. The van der Waals surface area contributed by atoms with E-state index >= 15 is 0 Å². The molecule has 18 heavy (non-hydrogen) atoms. The third-order valence-corrected chi connectivity index (χ3v) is 3.43. The second kappa shape index (κ2) is 6.76. The van der Waals surface area contributed by atoms with E-state index in [2.05, 4.69) is 30.0 Å². The molecule has 1 fully saturated rings. The average Bonchev–Trinajstić information content (AvgIpc) is 2.76. The van der Waals surface area contributed by atoms with Crippen LogP contribution in [-0.2, 0) is 6.54 Å². The molecule has 2 N–H and O–H groups in total. The van der Waals surface area contributed by atoms with Gasteiger partial charge in [0.2, 0.25) is 0 Å². The normalized spacial score (nSPS) is 20.2. The zero-order chi connectivity index (χ0) is 12.8. The quantitative estimate of drug-likeness (QED) is 0.785. The van der Waals surface area contributed by atoms with Gasteiger partial charge in [0.1, 0.15) is 5.75 Å². The van der Waals surface area contributed by atoms with Crippen LogP contribution in [0.5, 0.6) is 5.75 Å². The minimum Gasteiger partial charge on any atom is -0.494 e. The van der Waals surface area contributed by atoms with Gasteiger partial charge in [0.25, 0.3) is 0 Å². The van der Waals surface area contributed by atoms with Gasteiger partial charge < -0.3 is 10.5 Å². The van der Waals surface area contributed by atoms with Crippen molar-refractivity contribution in [2.45, 2.75) is 26.3 Å². The average molecular weight is 248 g/mol. The number of nitrogens with two attached hydrogens (primary N) is 1. The molecule has 1 saturated heterocycles. The van der Waals surface area contributed by atoms with E-state index in [9.17, 15) is 0 Å². The van der Waals surface area contributed by atoms with E-state index in [0.717, 1.165) is 24.6 Å². The summed E-state index contributed by atoms with van der Waals surface area (Å²) >= 11 is 0. The summed E-state index contributed by atoms with van der Waals surface area (Å²) < 4.78 is 5.67. The standard InChI is InChI=1S/C15H24N2O/c1-13-6-8-17(11-13)12-14-4-2-5-15(10-14)18-9-3-7-16/h2,4-5,10,13H,3,6-9,11-12,16H2,1H3. The molecule has 1 atom stereocenters. The molecule has 0 aromatic heterocycles. The fourth-order valence-electron chi connectivity index (χ4n) is 2.44. The van der Waals surface area contributed by atoms with E-state index in [4.69, 9.17) is 10.5 Å². The van der Waals surface area contributed by atoms with E-state index in [0.29, 0.717) is 13.2 Å². The number of ether oxygens (including phenoxy) is 1. The Morgan fingerprint density at radius 1 is 1.44 bits per heavy atom. The molecule has 0 aliphatic carbocycles. The fraction of sp³-hybridized carbons (Fsp3) is 0.600. The molecule has 2 rings (SSSR count). The van der Waals surface area contributed by atoms with E-state index in [1.54, 1.807) is 0 Å². The Bertz CT molecular complexity index is 367. The van der Waals surface area contributed by atoms with Crippen LogP contribution in [0.15, 0.2) is 24.3 Å². The summed E-state index contributed by atoms with van der Waals surface area (Å²) in [5.74, 6) is 1.81. The van der Waals surface area contributed by atoms with Gasteiger partial charge in [-0.25, -0.2) is 0 Å². The number of hydrogen-bond acceptors (Lipinski definition) is 3. The number of nitrogens with zero attached hydrogens (tertiary/aromatic N) is 1. The zero-order valence-corrected chi connectivity index (χ0v) is 11.3. The van der Waals surface area contributed by atoms with Crippen molar-refractivity contribution in [2.75, 3.05) is 26.2 Å².